The molecule has 11 heteroatoms. The van der Waals surface area contributed by atoms with Gasteiger partial charge in [0.05, 0.1) is 11.1 Å². The third-order valence-corrected chi connectivity index (χ3v) is 4.24. The van der Waals surface area contributed by atoms with Crippen LogP contribution in [0.1, 0.15) is 26.4 Å². The van der Waals surface area contributed by atoms with E-state index >= 15 is 0 Å². The molecule has 0 fully saturated rings. The highest BCUT2D eigenvalue weighted by Gasteiger charge is 2.36. The minimum absolute atomic E-state index is 0.119. The van der Waals surface area contributed by atoms with Crippen molar-refractivity contribution in [2.75, 3.05) is 24.3 Å². The number of anilines is 2. The number of aromatic carboxylic acids is 1. The Morgan fingerprint density at radius 1 is 1.10 bits per heavy atom. The van der Waals surface area contributed by atoms with E-state index in [1.165, 1.54) is 9.47 Å². The second-order valence-electron chi connectivity index (χ2n) is 6.62. The topological polar surface area (TPSA) is 87.5 Å². The van der Waals surface area contributed by atoms with Gasteiger partial charge in [-0.2, -0.15) is 18.2 Å². The number of imidazole rings is 1. The van der Waals surface area contributed by atoms with Gasteiger partial charge in [-0.05, 0) is 30.3 Å². The molecule has 1 aromatic heterocycles. The van der Waals surface area contributed by atoms with E-state index in [0.29, 0.717) is 17.8 Å². The summed E-state index contributed by atoms with van der Waals surface area (Å²) in [6, 6.07) is 9.82. The average molecular weight is 436 g/mol. The van der Waals surface area contributed by atoms with Crippen molar-refractivity contribution in [1.29, 1.82) is 0 Å². The van der Waals surface area contributed by atoms with Crippen molar-refractivity contribution in [3.63, 3.8) is 0 Å². The normalized spacial score (nSPS) is 11.3. The summed E-state index contributed by atoms with van der Waals surface area (Å²) >= 11 is 0. The highest BCUT2D eigenvalue weighted by Crippen LogP contribution is 2.33. The number of hydrogen-bond donors (Lipinski definition) is 2. The van der Waals surface area contributed by atoms with Crippen molar-refractivity contribution >= 4 is 23.6 Å². The van der Waals surface area contributed by atoms with Gasteiger partial charge in [0.2, 0.25) is 5.95 Å². The number of nitrogens with one attached hydrogen (secondary N) is 1. The summed E-state index contributed by atoms with van der Waals surface area (Å²) in [7, 11) is 3.17. The summed E-state index contributed by atoms with van der Waals surface area (Å²) in [5.41, 5.74) is -2.41. The lowest BCUT2D eigenvalue weighted by molar-refractivity contribution is -0.138. The van der Waals surface area contributed by atoms with E-state index in [1.54, 1.807) is 44.4 Å². The van der Waals surface area contributed by atoms with Crippen LogP contribution in [-0.4, -0.2) is 40.6 Å². The smallest absolute Gasteiger partial charge is 0.417 e. The van der Waals surface area contributed by atoms with Gasteiger partial charge < -0.3 is 15.3 Å². The van der Waals surface area contributed by atoms with Crippen LogP contribution in [0.4, 0.5) is 29.3 Å². The van der Waals surface area contributed by atoms with Crippen LogP contribution in [0.2, 0.25) is 0 Å². The standard InChI is InChI=1S/C20H16F4N4O3/c1-27(2)19-26-16(15(18(30)31)28(19)12-6-4-3-5-7-12)25-17(29)13-9-8-11(21)10-14(13)20(22,23)24/h3-10H,1-2H3,(H,25,29)(H,30,31). The predicted octanol–water partition coefficient (Wildman–Crippen LogP) is 4.05. The van der Waals surface area contributed by atoms with E-state index in [4.69, 9.17) is 0 Å². The zero-order valence-electron chi connectivity index (χ0n) is 16.2. The van der Waals surface area contributed by atoms with Gasteiger partial charge in [0, 0.05) is 19.8 Å². The van der Waals surface area contributed by atoms with E-state index in [0.717, 1.165) is 0 Å². The summed E-state index contributed by atoms with van der Waals surface area (Å²) in [5, 5.41) is 11.9. The van der Waals surface area contributed by atoms with E-state index in [9.17, 15) is 32.3 Å². The Morgan fingerprint density at radius 2 is 1.74 bits per heavy atom. The molecule has 7 nitrogen and oxygen atoms in total. The third-order valence-electron chi connectivity index (χ3n) is 4.24. The first-order chi connectivity index (χ1) is 14.5. The van der Waals surface area contributed by atoms with Crippen molar-refractivity contribution in [2.45, 2.75) is 6.18 Å². The fourth-order valence-corrected chi connectivity index (χ4v) is 2.94. The molecule has 2 N–H and O–H groups in total. The molecule has 0 bridgehead atoms. The SMILES string of the molecule is CN(C)c1nc(NC(=O)c2ccc(F)cc2C(F)(F)F)c(C(=O)O)n1-c1ccccc1. The van der Waals surface area contributed by atoms with Gasteiger partial charge in [-0.1, -0.05) is 18.2 Å². The zero-order chi connectivity index (χ0) is 22.9. The first kappa shape index (κ1) is 21.8. The molecule has 0 radical (unpaired) electrons. The molecule has 3 rings (SSSR count). The lowest BCUT2D eigenvalue weighted by Crippen LogP contribution is -2.21. The number of halogens is 4. The molecule has 0 unspecified atom stereocenters. The van der Waals surface area contributed by atoms with Gasteiger partial charge >= 0.3 is 12.1 Å². The number of hydrogen-bond acceptors (Lipinski definition) is 4. The van der Waals surface area contributed by atoms with Gasteiger partial charge in [-0.25, -0.2) is 9.18 Å². The van der Waals surface area contributed by atoms with Crippen LogP contribution in [0.15, 0.2) is 48.5 Å². The molecule has 0 atom stereocenters. The number of carbonyl (C=O) groups excluding carboxylic acids is 1. The first-order valence-corrected chi connectivity index (χ1v) is 8.77. The van der Waals surface area contributed by atoms with Crippen LogP contribution in [0.5, 0.6) is 0 Å². The average Bonchev–Trinajstić information content (AvgIpc) is 3.07. The highest BCUT2D eigenvalue weighted by atomic mass is 19.4. The number of nitrogens with zero attached hydrogens (tertiary/aromatic N) is 3. The molecular weight excluding hydrogens is 420 g/mol. The maximum Gasteiger partial charge on any atom is 0.417 e. The Morgan fingerprint density at radius 3 is 2.29 bits per heavy atom. The van der Waals surface area contributed by atoms with Crippen molar-refractivity contribution in [1.82, 2.24) is 9.55 Å². The summed E-state index contributed by atoms with van der Waals surface area (Å²) in [6.07, 6.45) is -5.00. The molecule has 162 valence electrons. The summed E-state index contributed by atoms with van der Waals surface area (Å²) in [5.74, 6) is -4.25. The number of carboxylic acid groups (broad SMARTS) is 1. The minimum atomic E-state index is -5.00. The van der Waals surface area contributed by atoms with E-state index in [2.05, 4.69) is 10.3 Å². The third kappa shape index (κ3) is 4.34. The number of benzene rings is 2. The summed E-state index contributed by atoms with van der Waals surface area (Å²) < 4.78 is 54.4. The number of carbonyl (C=O) groups is 2. The highest BCUT2D eigenvalue weighted by molar-refractivity contribution is 6.08. The van der Waals surface area contributed by atoms with Gasteiger partial charge in [0.25, 0.3) is 5.91 Å². The maximum absolute atomic E-state index is 13.3. The molecular formula is C20H16F4N4O3. The maximum atomic E-state index is 13.3. The monoisotopic (exact) mass is 436 g/mol. The van der Waals surface area contributed by atoms with Crippen LogP contribution >= 0.6 is 0 Å². The Hall–Kier alpha value is -3.89. The Labute approximate surface area is 173 Å². The molecule has 0 saturated heterocycles. The molecule has 0 aliphatic carbocycles. The molecule has 0 aliphatic rings. The number of amides is 1. The summed E-state index contributed by atoms with van der Waals surface area (Å²) in [6.45, 7) is 0. The Balaban J connectivity index is 2.13. The molecule has 0 aliphatic heterocycles. The molecule has 2 aromatic carbocycles. The fourth-order valence-electron chi connectivity index (χ4n) is 2.94. The Kier molecular flexibility index (Phi) is 5.69. The van der Waals surface area contributed by atoms with Crippen LogP contribution in [-0.2, 0) is 6.18 Å². The molecule has 31 heavy (non-hydrogen) atoms. The quantitative estimate of drug-likeness (QED) is 0.590. The molecule has 0 spiro atoms. The molecule has 1 amide bonds. The van der Waals surface area contributed by atoms with E-state index in [1.807, 2.05) is 0 Å². The number of aromatic nitrogens is 2. The largest absolute Gasteiger partial charge is 0.476 e. The van der Waals surface area contributed by atoms with Crippen molar-refractivity contribution in [2.24, 2.45) is 0 Å². The lowest BCUT2D eigenvalue weighted by atomic mass is 10.1. The minimum Gasteiger partial charge on any atom is -0.476 e. The van der Waals surface area contributed by atoms with Gasteiger partial charge in [-0.15, -0.1) is 0 Å². The zero-order valence-corrected chi connectivity index (χ0v) is 16.2. The van der Waals surface area contributed by atoms with Gasteiger partial charge in [0.1, 0.15) is 5.82 Å². The second-order valence-corrected chi connectivity index (χ2v) is 6.62. The van der Waals surface area contributed by atoms with Gasteiger partial charge in [0.15, 0.2) is 11.5 Å². The van der Waals surface area contributed by atoms with Crippen molar-refractivity contribution < 1.29 is 32.3 Å². The predicted molar refractivity (Wildman–Crippen MR) is 104 cm³/mol. The first-order valence-electron chi connectivity index (χ1n) is 8.77. The van der Waals surface area contributed by atoms with Crippen LogP contribution in [0, 0.1) is 5.82 Å². The molecule has 3 aromatic rings. The van der Waals surface area contributed by atoms with Crippen molar-refractivity contribution in [3.05, 3.63) is 71.2 Å². The number of alkyl halides is 3. The number of carboxylic acids is 1. The van der Waals surface area contributed by atoms with E-state index < -0.39 is 46.5 Å². The van der Waals surface area contributed by atoms with Crippen molar-refractivity contribution in [3.8, 4) is 5.69 Å². The van der Waals surface area contributed by atoms with Crippen LogP contribution < -0.4 is 10.2 Å². The lowest BCUT2D eigenvalue weighted by Gasteiger charge is -2.15. The van der Waals surface area contributed by atoms with Gasteiger partial charge in [-0.3, -0.25) is 9.36 Å². The Bertz CT molecular complexity index is 1140. The molecule has 0 saturated carbocycles. The molecule has 1 heterocycles. The number of para-hydroxylation sites is 1. The fraction of sp³-hybridized carbons (Fsp3) is 0.150. The van der Waals surface area contributed by atoms with Crippen LogP contribution in [0.3, 0.4) is 0 Å². The van der Waals surface area contributed by atoms with Crippen LogP contribution in [0.25, 0.3) is 5.69 Å². The number of rotatable bonds is 5. The van der Waals surface area contributed by atoms with E-state index in [-0.39, 0.29) is 12.0 Å². The second kappa shape index (κ2) is 8.09. The summed E-state index contributed by atoms with van der Waals surface area (Å²) in [4.78, 5) is 30.2.